The van der Waals surface area contributed by atoms with Gasteiger partial charge in [-0.3, -0.25) is 14.6 Å². The van der Waals surface area contributed by atoms with Crippen molar-refractivity contribution in [1.29, 1.82) is 0 Å². The molecule has 2 aromatic heterocycles. The van der Waals surface area contributed by atoms with E-state index in [9.17, 15) is 18.4 Å². The average Bonchev–Trinajstić information content (AvgIpc) is 2.66. The smallest absolute Gasteiger partial charge is 0.272 e. The van der Waals surface area contributed by atoms with Crippen LogP contribution in [-0.2, 0) is 11.2 Å². The molecular formula is C21H25F2N3O3. The molecule has 0 saturated heterocycles. The molecular weight excluding hydrogens is 380 g/mol. The van der Waals surface area contributed by atoms with Crippen LogP contribution in [-0.4, -0.2) is 34.7 Å². The molecule has 0 fully saturated rings. The van der Waals surface area contributed by atoms with E-state index < -0.39 is 18.9 Å². The SMILES string of the molecule is Cc1cc(C(=O)NC(C)c2ccnc(CC(=O)C(C)C)c2)ncc1OCC(F)F. The zero-order valence-corrected chi connectivity index (χ0v) is 16.9. The molecule has 1 unspecified atom stereocenters. The summed E-state index contributed by atoms with van der Waals surface area (Å²) in [5, 5.41) is 2.84. The Hall–Kier alpha value is -2.90. The van der Waals surface area contributed by atoms with Crippen LogP contribution in [0.25, 0.3) is 0 Å². The van der Waals surface area contributed by atoms with Crippen LogP contribution in [0, 0.1) is 12.8 Å². The summed E-state index contributed by atoms with van der Waals surface area (Å²) in [6, 6.07) is 4.72. The molecule has 1 N–H and O–H groups in total. The van der Waals surface area contributed by atoms with Gasteiger partial charge in [0.05, 0.1) is 12.2 Å². The number of hydrogen-bond acceptors (Lipinski definition) is 5. The molecule has 2 aromatic rings. The van der Waals surface area contributed by atoms with E-state index >= 15 is 0 Å². The summed E-state index contributed by atoms with van der Waals surface area (Å²) >= 11 is 0. The molecule has 0 aromatic carbocycles. The fourth-order valence-electron chi connectivity index (χ4n) is 2.57. The Morgan fingerprint density at radius 1 is 1.17 bits per heavy atom. The van der Waals surface area contributed by atoms with Gasteiger partial charge in [-0.1, -0.05) is 13.8 Å². The third kappa shape index (κ3) is 6.58. The quantitative estimate of drug-likeness (QED) is 0.688. The number of rotatable bonds is 9. The van der Waals surface area contributed by atoms with Crippen molar-refractivity contribution in [3.05, 3.63) is 53.1 Å². The van der Waals surface area contributed by atoms with Crippen molar-refractivity contribution < 1.29 is 23.1 Å². The molecule has 0 saturated carbocycles. The summed E-state index contributed by atoms with van der Waals surface area (Å²) in [7, 11) is 0. The zero-order valence-electron chi connectivity index (χ0n) is 16.9. The van der Waals surface area contributed by atoms with E-state index in [1.54, 1.807) is 25.3 Å². The Balaban J connectivity index is 2.05. The molecule has 29 heavy (non-hydrogen) atoms. The van der Waals surface area contributed by atoms with Gasteiger partial charge in [0.25, 0.3) is 12.3 Å². The summed E-state index contributed by atoms with van der Waals surface area (Å²) in [6.07, 6.45) is 0.532. The zero-order chi connectivity index (χ0) is 21.6. The minimum absolute atomic E-state index is 0.0699. The summed E-state index contributed by atoms with van der Waals surface area (Å²) in [5.41, 5.74) is 2.16. The maximum absolute atomic E-state index is 12.5. The fourth-order valence-corrected chi connectivity index (χ4v) is 2.57. The van der Waals surface area contributed by atoms with Crippen LogP contribution < -0.4 is 10.1 Å². The first-order valence-corrected chi connectivity index (χ1v) is 9.33. The number of aryl methyl sites for hydroxylation is 1. The summed E-state index contributed by atoms with van der Waals surface area (Å²) in [5.74, 6) is -0.166. The number of Topliss-reactive ketones (excluding diaryl/α,β-unsaturated/α-hetero) is 1. The molecule has 1 amide bonds. The Morgan fingerprint density at radius 2 is 1.90 bits per heavy atom. The maximum atomic E-state index is 12.5. The van der Waals surface area contributed by atoms with Crippen molar-refractivity contribution in [2.24, 2.45) is 5.92 Å². The predicted octanol–water partition coefficient (Wildman–Crippen LogP) is 3.69. The number of amides is 1. The molecule has 6 nitrogen and oxygen atoms in total. The van der Waals surface area contributed by atoms with Gasteiger partial charge in [0.1, 0.15) is 23.8 Å². The van der Waals surface area contributed by atoms with Crippen molar-refractivity contribution in [2.75, 3.05) is 6.61 Å². The van der Waals surface area contributed by atoms with E-state index in [1.807, 2.05) is 20.8 Å². The van der Waals surface area contributed by atoms with E-state index in [1.165, 1.54) is 12.3 Å². The fraction of sp³-hybridized carbons (Fsp3) is 0.429. The van der Waals surface area contributed by atoms with E-state index in [4.69, 9.17) is 4.74 Å². The molecule has 1 atom stereocenters. The Morgan fingerprint density at radius 3 is 2.52 bits per heavy atom. The third-order valence-electron chi connectivity index (χ3n) is 4.35. The van der Waals surface area contributed by atoms with Gasteiger partial charge >= 0.3 is 0 Å². The molecule has 0 radical (unpaired) electrons. The number of ether oxygens (including phenoxy) is 1. The number of ketones is 1. The third-order valence-corrected chi connectivity index (χ3v) is 4.35. The molecule has 8 heteroatoms. The molecule has 0 aliphatic heterocycles. The number of carbonyl (C=O) groups excluding carboxylic acids is 2. The number of pyridine rings is 2. The van der Waals surface area contributed by atoms with Crippen molar-refractivity contribution >= 4 is 11.7 Å². The van der Waals surface area contributed by atoms with Gasteiger partial charge in [-0.15, -0.1) is 0 Å². The number of aromatic nitrogens is 2. The molecule has 2 rings (SSSR count). The number of carbonyl (C=O) groups is 2. The molecule has 156 valence electrons. The van der Waals surface area contributed by atoms with Crippen molar-refractivity contribution in [3.8, 4) is 5.75 Å². The van der Waals surface area contributed by atoms with Gasteiger partial charge in [0.2, 0.25) is 0 Å². The number of alkyl halides is 2. The van der Waals surface area contributed by atoms with E-state index in [0.717, 1.165) is 5.56 Å². The van der Waals surface area contributed by atoms with Crippen LogP contribution in [0.4, 0.5) is 8.78 Å². The van der Waals surface area contributed by atoms with Crippen LogP contribution in [0.1, 0.15) is 54.1 Å². The summed E-state index contributed by atoms with van der Waals surface area (Å²) in [6.45, 7) is 6.42. The lowest BCUT2D eigenvalue weighted by atomic mass is 10.0. The average molecular weight is 405 g/mol. The van der Waals surface area contributed by atoms with Crippen LogP contribution >= 0.6 is 0 Å². The summed E-state index contributed by atoms with van der Waals surface area (Å²) < 4.78 is 29.5. The van der Waals surface area contributed by atoms with E-state index in [2.05, 4.69) is 15.3 Å². The van der Waals surface area contributed by atoms with Crippen molar-refractivity contribution in [2.45, 2.75) is 46.6 Å². The minimum Gasteiger partial charge on any atom is -0.486 e. The number of halogens is 2. The number of nitrogens with one attached hydrogen (secondary N) is 1. The van der Waals surface area contributed by atoms with Gasteiger partial charge in [-0.2, -0.15) is 0 Å². The van der Waals surface area contributed by atoms with Crippen LogP contribution in [0.5, 0.6) is 5.75 Å². The predicted molar refractivity (Wildman–Crippen MR) is 104 cm³/mol. The second kappa shape index (κ2) is 10.0. The highest BCUT2D eigenvalue weighted by atomic mass is 19.3. The van der Waals surface area contributed by atoms with Crippen LogP contribution in [0.3, 0.4) is 0 Å². The molecule has 0 bridgehead atoms. The minimum atomic E-state index is -2.58. The second-order valence-electron chi connectivity index (χ2n) is 7.11. The largest absolute Gasteiger partial charge is 0.486 e. The van der Waals surface area contributed by atoms with E-state index in [-0.39, 0.29) is 35.6 Å². The molecule has 0 aliphatic rings. The van der Waals surface area contributed by atoms with E-state index in [0.29, 0.717) is 11.3 Å². The lowest BCUT2D eigenvalue weighted by Crippen LogP contribution is -2.27. The molecule has 0 spiro atoms. The highest BCUT2D eigenvalue weighted by Crippen LogP contribution is 2.19. The maximum Gasteiger partial charge on any atom is 0.272 e. The lowest BCUT2D eigenvalue weighted by molar-refractivity contribution is -0.121. The second-order valence-corrected chi connectivity index (χ2v) is 7.11. The van der Waals surface area contributed by atoms with Crippen LogP contribution in [0.2, 0.25) is 0 Å². The standard InChI is InChI=1S/C21H25F2N3O3/c1-12(2)18(27)9-16-8-15(5-6-24-16)14(4)26-21(28)17-7-13(3)19(10-25-17)29-11-20(22)23/h5-8,10,12,14,20H,9,11H2,1-4H3,(H,26,28). The Bertz CT molecular complexity index is 872. The molecule has 2 heterocycles. The first-order chi connectivity index (χ1) is 13.7. The van der Waals surface area contributed by atoms with Crippen molar-refractivity contribution in [3.63, 3.8) is 0 Å². The van der Waals surface area contributed by atoms with Crippen LogP contribution in [0.15, 0.2) is 30.6 Å². The van der Waals surface area contributed by atoms with Gasteiger partial charge in [-0.25, -0.2) is 13.8 Å². The van der Waals surface area contributed by atoms with Gasteiger partial charge in [-0.05, 0) is 43.2 Å². The molecule has 0 aliphatic carbocycles. The van der Waals surface area contributed by atoms with Gasteiger partial charge < -0.3 is 10.1 Å². The van der Waals surface area contributed by atoms with Crippen molar-refractivity contribution in [1.82, 2.24) is 15.3 Å². The number of hydrogen-bond donors (Lipinski definition) is 1. The highest BCUT2D eigenvalue weighted by Gasteiger charge is 2.16. The first-order valence-electron chi connectivity index (χ1n) is 9.33. The Labute approximate surface area is 168 Å². The Kier molecular flexibility index (Phi) is 7.75. The summed E-state index contributed by atoms with van der Waals surface area (Å²) in [4.78, 5) is 32.7. The van der Waals surface area contributed by atoms with Gasteiger partial charge in [0.15, 0.2) is 0 Å². The normalized spacial score (nSPS) is 12.1. The van der Waals surface area contributed by atoms with Gasteiger partial charge in [0, 0.05) is 24.2 Å². The topological polar surface area (TPSA) is 81.2 Å². The lowest BCUT2D eigenvalue weighted by Gasteiger charge is -2.16. The number of nitrogens with zero attached hydrogens (tertiary/aromatic N) is 2. The highest BCUT2D eigenvalue weighted by molar-refractivity contribution is 5.92. The first kappa shape index (κ1) is 22.4. The monoisotopic (exact) mass is 405 g/mol.